The Bertz CT molecular complexity index is 1510. The van der Waals surface area contributed by atoms with Gasteiger partial charge < -0.3 is 5.32 Å². The summed E-state index contributed by atoms with van der Waals surface area (Å²) in [6.07, 6.45) is 0.517. The third-order valence-corrected chi connectivity index (χ3v) is 6.73. The van der Waals surface area contributed by atoms with Crippen LogP contribution in [0.2, 0.25) is 0 Å². The van der Waals surface area contributed by atoms with Gasteiger partial charge in [0.05, 0.1) is 26.4 Å². The Kier molecular flexibility index (Phi) is 4.55. The SMILES string of the molecule is FC(F)(F)c1ncccc1-c1cc2ncccc2c(Nc2ccc3nc(C4CC4)sc3c2)n1. The van der Waals surface area contributed by atoms with Crippen LogP contribution in [0.25, 0.3) is 32.4 Å². The molecular weight excluding hydrogens is 447 g/mol. The zero-order valence-electron chi connectivity index (χ0n) is 17.1. The second-order valence-electron chi connectivity index (χ2n) is 7.96. The van der Waals surface area contributed by atoms with Crippen LogP contribution in [0.15, 0.2) is 60.9 Å². The fourth-order valence-electron chi connectivity index (χ4n) is 3.81. The number of fused-ring (bicyclic) bond motifs is 2. The largest absolute Gasteiger partial charge is 0.434 e. The first kappa shape index (κ1) is 20.0. The first-order valence-electron chi connectivity index (χ1n) is 10.4. The minimum absolute atomic E-state index is 0.0902. The fourth-order valence-corrected chi connectivity index (χ4v) is 4.98. The van der Waals surface area contributed by atoms with Gasteiger partial charge in [0, 0.05) is 34.9 Å². The van der Waals surface area contributed by atoms with Crippen LogP contribution in [0.4, 0.5) is 24.7 Å². The highest BCUT2D eigenvalue weighted by atomic mass is 32.1. The lowest BCUT2D eigenvalue weighted by Gasteiger charge is -2.14. The molecule has 1 N–H and O–H groups in total. The van der Waals surface area contributed by atoms with Gasteiger partial charge in [-0.1, -0.05) is 0 Å². The molecule has 0 saturated heterocycles. The normalized spacial score (nSPS) is 14.2. The number of benzene rings is 1. The van der Waals surface area contributed by atoms with Crippen molar-refractivity contribution in [3.05, 3.63) is 71.6 Å². The molecule has 33 heavy (non-hydrogen) atoms. The number of nitrogens with one attached hydrogen (secondary N) is 1. The van der Waals surface area contributed by atoms with E-state index in [0.29, 0.717) is 22.6 Å². The molecular formula is C24H16F3N5S. The van der Waals surface area contributed by atoms with Crippen molar-refractivity contribution in [1.82, 2.24) is 19.9 Å². The summed E-state index contributed by atoms with van der Waals surface area (Å²) in [6.45, 7) is 0. The van der Waals surface area contributed by atoms with Gasteiger partial charge in [0.25, 0.3) is 0 Å². The molecule has 1 aliphatic carbocycles. The van der Waals surface area contributed by atoms with Crippen molar-refractivity contribution in [2.24, 2.45) is 0 Å². The van der Waals surface area contributed by atoms with Gasteiger partial charge in [-0.05, 0) is 61.4 Å². The highest BCUT2D eigenvalue weighted by molar-refractivity contribution is 7.18. The van der Waals surface area contributed by atoms with E-state index in [1.807, 2.05) is 24.3 Å². The van der Waals surface area contributed by atoms with Gasteiger partial charge in [0.1, 0.15) is 5.82 Å². The van der Waals surface area contributed by atoms with Crippen LogP contribution < -0.4 is 5.32 Å². The molecule has 4 heterocycles. The summed E-state index contributed by atoms with van der Waals surface area (Å²) in [5.74, 6) is 1.01. The second-order valence-corrected chi connectivity index (χ2v) is 9.02. The molecule has 0 spiro atoms. The molecule has 0 unspecified atom stereocenters. The van der Waals surface area contributed by atoms with E-state index in [1.54, 1.807) is 29.7 Å². The number of aromatic nitrogens is 4. The second kappa shape index (κ2) is 7.48. The summed E-state index contributed by atoms with van der Waals surface area (Å²) in [4.78, 5) is 17.2. The number of pyridine rings is 3. The molecule has 6 rings (SSSR count). The fraction of sp³-hybridized carbons (Fsp3) is 0.167. The number of anilines is 2. The number of hydrogen-bond donors (Lipinski definition) is 1. The minimum Gasteiger partial charge on any atom is -0.340 e. The smallest absolute Gasteiger partial charge is 0.340 e. The van der Waals surface area contributed by atoms with E-state index >= 15 is 0 Å². The highest BCUT2D eigenvalue weighted by Crippen LogP contribution is 2.43. The van der Waals surface area contributed by atoms with Crippen molar-refractivity contribution in [1.29, 1.82) is 0 Å². The van der Waals surface area contributed by atoms with Crippen molar-refractivity contribution < 1.29 is 13.2 Å². The molecule has 1 fully saturated rings. The first-order valence-corrected chi connectivity index (χ1v) is 11.2. The molecule has 0 atom stereocenters. The topological polar surface area (TPSA) is 63.6 Å². The predicted molar refractivity (Wildman–Crippen MR) is 123 cm³/mol. The predicted octanol–water partition coefficient (Wildman–Crippen LogP) is 6.94. The summed E-state index contributed by atoms with van der Waals surface area (Å²) in [6, 6.07) is 13.9. The van der Waals surface area contributed by atoms with Crippen LogP contribution in [0.3, 0.4) is 0 Å². The molecule has 0 amide bonds. The average molecular weight is 463 g/mol. The Hall–Kier alpha value is -3.59. The van der Waals surface area contributed by atoms with Gasteiger partial charge in [0.2, 0.25) is 0 Å². The lowest BCUT2D eigenvalue weighted by atomic mass is 10.1. The van der Waals surface area contributed by atoms with Crippen molar-refractivity contribution in [3.8, 4) is 11.3 Å². The van der Waals surface area contributed by atoms with Crippen LogP contribution in [0.1, 0.15) is 29.5 Å². The molecule has 4 aromatic heterocycles. The zero-order chi connectivity index (χ0) is 22.6. The maximum Gasteiger partial charge on any atom is 0.434 e. The summed E-state index contributed by atoms with van der Waals surface area (Å²) >= 11 is 1.68. The minimum atomic E-state index is -4.60. The Labute approximate surface area is 190 Å². The highest BCUT2D eigenvalue weighted by Gasteiger charge is 2.36. The number of hydrogen-bond acceptors (Lipinski definition) is 6. The van der Waals surface area contributed by atoms with Crippen LogP contribution in [0, 0.1) is 0 Å². The lowest BCUT2D eigenvalue weighted by molar-refractivity contribution is -0.140. The maximum atomic E-state index is 13.6. The van der Waals surface area contributed by atoms with E-state index in [1.165, 1.54) is 25.0 Å². The van der Waals surface area contributed by atoms with Gasteiger partial charge >= 0.3 is 6.18 Å². The van der Waals surface area contributed by atoms with E-state index in [-0.39, 0.29) is 11.3 Å². The van der Waals surface area contributed by atoms with Crippen molar-refractivity contribution in [2.45, 2.75) is 24.9 Å². The Morgan fingerprint density at radius 1 is 0.909 bits per heavy atom. The van der Waals surface area contributed by atoms with Gasteiger partial charge in [0.15, 0.2) is 5.69 Å². The maximum absolute atomic E-state index is 13.6. The average Bonchev–Trinajstić information content (AvgIpc) is 3.57. The number of alkyl halides is 3. The van der Waals surface area contributed by atoms with Crippen LogP contribution >= 0.6 is 11.3 Å². The molecule has 1 aromatic carbocycles. The summed E-state index contributed by atoms with van der Waals surface area (Å²) in [5, 5.41) is 5.16. The van der Waals surface area contributed by atoms with Gasteiger partial charge in [-0.3, -0.25) is 9.97 Å². The summed E-state index contributed by atoms with van der Waals surface area (Å²) in [7, 11) is 0. The Morgan fingerprint density at radius 3 is 2.55 bits per heavy atom. The molecule has 0 bridgehead atoms. The number of halogens is 3. The third-order valence-electron chi connectivity index (χ3n) is 5.55. The monoisotopic (exact) mass is 463 g/mol. The van der Waals surface area contributed by atoms with E-state index in [2.05, 4.69) is 20.3 Å². The standard InChI is InChI=1S/C24H16F3N5S/c25-24(26,27)21-15(3-1-10-29-21)19-12-18-16(4-2-9-28-18)22(31-19)30-14-7-8-17-20(11-14)33-23(32-17)13-5-6-13/h1-4,7-13H,5-6H2,(H,30,31). The van der Waals surface area contributed by atoms with E-state index in [9.17, 15) is 13.2 Å². The van der Waals surface area contributed by atoms with Crippen molar-refractivity contribution in [2.75, 3.05) is 5.32 Å². The van der Waals surface area contributed by atoms with Gasteiger partial charge in [-0.2, -0.15) is 13.2 Å². The van der Waals surface area contributed by atoms with Crippen LogP contribution in [-0.2, 0) is 6.18 Å². The number of thiazole rings is 1. The van der Waals surface area contributed by atoms with Gasteiger partial charge in [-0.15, -0.1) is 11.3 Å². The summed E-state index contributed by atoms with van der Waals surface area (Å²) in [5.41, 5.74) is 1.36. The quantitative estimate of drug-likeness (QED) is 0.313. The molecule has 5 nitrogen and oxygen atoms in total. The third kappa shape index (κ3) is 3.78. The molecule has 9 heteroatoms. The van der Waals surface area contributed by atoms with Gasteiger partial charge in [-0.25, -0.2) is 9.97 Å². The number of nitrogens with zero attached hydrogens (tertiary/aromatic N) is 4. The molecule has 0 aliphatic heterocycles. The van der Waals surface area contributed by atoms with Crippen LogP contribution in [-0.4, -0.2) is 19.9 Å². The Balaban J connectivity index is 1.46. The van der Waals surface area contributed by atoms with Crippen LogP contribution in [0.5, 0.6) is 0 Å². The first-order chi connectivity index (χ1) is 16.0. The lowest BCUT2D eigenvalue weighted by Crippen LogP contribution is -2.10. The van der Waals surface area contributed by atoms with E-state index in [0.717, 1.165) is 27.1 Å². The van der Waals surface area contributed by atoms with Crippen molar-refractivity contribution in [3.63, 3.8) is 0 Å². The Morgan fingerprint density at radius 2 is 1.73 bits per heavy atom. The van der Waals surface area contributed by atoms with E-state index in [4.69, 9.17) is 4.98 Å². The molecule has 0 radical (unpaired) electrons. The molecule has 5 aromatic rings. The molecule has 1 aliphatic rings. The molecule has 164 valence electrons. The summed E-state index contributed by atoms with van der Waals surface area (Å²) < 4.78 is 41.8. The molecule has 1 saturated carbocycles. The van der Waals surface area contributed by atoms with Crippen molar-refractivity contribution >= 4 is 44.0 Å². The van der Waals surface area contributed by atoms with E-state index < -0.39 is 11.9 Å². The number of rotatable bonds is 4. The zero-order valence-corrected chi connectivity index (χ0v) is 17.9.